The van der Waals surface area contributed by atoms with Crippen LogP contribution in [0, 0.1) is 5.92 Å². The van der Waals surface area contributed by atoms with Crippen LogP contribution in [0.5, 0.6) is 0 Å². The zero-order valence-electron chi connectivity index (χ0n) is 9.20. The Labute approximate surface area is 86.1 Å². The van der Waals surface area contributed by atoms with Crippen LogP contribution in [-0.2, 0) is 4.79 Å². The largest absolute Gasteiger partial charge is 0.338 e. The summed E-state index contributed by atoms with van der Waals surface area (Å²) < 4.78 is 0. The number of likely N-dealkylation sites (tertiary alicyclic amines) is 1. The van der Waals surface area contributed by atoms with Gasteiger partial charge in [-0.15, -0.1) is 0 Å². The minimum absolute atomic E-state index is 0.387. The molecule has 2 aliphatic rings. The highest BCUT2D eigenvalue weighted by molar-refractivity contribution is 5.81. The number of nitrogens with zero attached hydrogens (tertiary/aromatic N) is 2. The van der Waals surface area contributed by atoms with E-state index in [-0.39, 0.29) is 0 Å². The van der Waals surface area contributed by atoms with E-state index in [2.05, 4.69) is 23.9 Å². The third kappa shape index (κ3) is 2.08. The number of carbonyl (C=O) groups is 1. The monoisotopic (exact) mass is 196 g/mol. The molecule has 0 bridgehead atoms. The molecule has 0 aromatic heterocycles. The second kappa shape index (κ2) is 3.89. The normalized spacial score (nSPS) is 27.4. The summed E-state index contributed by atoms with van der Waals surface area (Å²) in [6, 6.07) is 0.484. The Bertz CT molecular complexity index is 223. The summed E-state index contributed by atoms with van der Waals surface area (Å²) in [4.78, 5) is 16.2. The van der Waals surface area contributed by atoms with E-state index in [0.29, 0.717) is 17.9 Å². The first-order valence-corrected chi connectivity index (χ1v) is 5.63. The van der Waals surface area contributed by atoms with Crippen molar-refractivity contribution >= 4 is 5.91 Å². The maximum Gasteiger partial charge on any atom is 0.225 e. The topological polar surface area (TPSA) is 23.6 Å². The fourth-order valence-corrected chi connectivity index (χ4v) is 2.30. The number of hydrogen-bond donors (Lipinski definition) is 0. The second-order valence-electron chi connectivity index (χ2n) is 4.86. The molecule has 0 N–H and O–H groups in total. The number of likely N-dealkylation sites (N-methyl/N-ethyl adjacent to an activating group) is 1. The Hall–Kier alpha value is -0.570. The molecule has 0 aromatic rings. The van der Waals surface area contributed by atoms with Gasteiger partial charge in [0.1, 0.15) is 0 Å². The van der Waals surface area contributed by atoms with E-state index in [1.807, 2.05) is 0 Å². The summed E-state index contributed by atoms with van der Waals surface area (Å²) in [6.45, 7) is 2.02. The van der Waals surface area contributed by atoms with E-state index < -0.39 is 0 Å². The fourth-order valence-electron chi connectivity index (χ4n) is 2.30. The molecule has 3 nitrogen and oxygen atoms in total. The Balaban J connectivity index is 1.92. The van der Waals surface area contributed by atoms with Gasteiger partial charge in [-0.25, -0.2) is 0 Å². The molecule has 1 amide bonds. The van der Waals surface area contributed by atoms with Gasteiger partial charge in [-0.2, -0.15) is 0 Å². The molecular weight excluding hydrogens is 176 g/mol. The summed E-state index contributed by atoms with van der Waals surface area (Å²) in [5.41, 5.74) is 0. The lowest BCUT2D eigenvalue weighted by molar-refractivity contribution is -0.133. The van der Waals surface area contributed by atoms with Crippen LogP contribution in [0.2, 0.25) is 0 Å². The van der Waals surface area contributed by atoms with Crippen LogP contribution in [0.25, 0.3) is 0 Å². The zero-order valence-corrected chi connectivity index (χ0v) is 9.20. The average Bonchev–Trinajstić information content (AvgIpc) is 2.86. The van der Waals surface area contributed by atoms with Gasteiger partial charge in [0, 0.05) is 25.0 Å². The predicted molar refractivity (Wildman–Crippen MR) is 56.0 cm³/mol. The lowest BCUT2D eigenvalue weighted by atomic mass is 10.2. The van der Waals surface area contributed by atoms with Crippen LogP contribution >= 0.6 is 0 Å². The van der Waals surface area contributed by atoms with Crippen LogP contribution in [0.3, 0.4) is 0 Å². The number of amides is 1. The quantitative estimate of drug-likeness (QED) is 0.671. The van der Waals surface area contributed by atoms with Crippen LogP contribution in [0.4, 0.5) is 0 Å². The highest BCUT2D eigenvalue weighted by atomic mass is 16.2. The summed E-state index contributed by atoms with van der Waals surface area (Å²) >= 11 is 0. The molecule has 1 heterocycles. The first-order chi connectivity index (χ1) is 6.68. The molecule has 1 saturated carbocycles. The third-order valence-electron chi connectivity index (χ3n) is 3.16. The highest BCUT2D eigenvalue weighted by Crippen LogP contribution is 2.33. The summed E-state index contributed by atoms with van der Waals surface area (Å²) in [6.07, 6.45) is 4.64. The molecule has 1 unspecified atom stereocenters. The SMILES string of the molecule is CN(C)CC1CCCN1C(=O)C1CC1. The second-order valence-corrected chi connectivity index (χ2v) is 4.86. The summed E-state index contributed by atoms with van der Waals surface area (Å²) in [5, 5.41) is 0. The Morgan fingerprint density at radius 1 is 1.36 bits per heavy atom. The van der Waals surface area contributed by atoms with Gasteiger partial charge < -0.3 is 9.80 Å². The summed E-state index contributed by atoms with van der Waals surface area (Å²) in [5.74, 6) is 0.812. The van der Waals surface area contributed by atoms with Crippen molar-refractivity contribution in [3.8, 4) is 0 Å². The van der Waals surface area contributed by atoms with Gasteiger partial charge in [0.15, 0.2) is 0 Å². The Morgan fingerprint density at radius 2 is 2.07 bits per heavy atom. The first kappa shape index (κ1) is 9.97. The fraction of sp³-hybridized carbons (Fsp3) is 0.909. The van der Waals surface area contributed by atoms with Crippen LogP contribution in [0.1, 0.15) is 25.7 Å². The van der Waals surface area contributed by atoms with Crippen LogP contribution in [-0.4, -0.2) is 48.9 Å². The summed E-state index contributed by atoms with van der Waals surface area (Å²) in [7, 11) is 4.16. The molecule has 80 valence electrons. The van der Waals surface area contributed by atoms with Gasteiger partial charge in [0.05, 0.1) is 0 Å². The molecule has 2 rings (SSSR count). The van der Waals surface area contributed by atoms with Crippen molar-refractivity contribution in [3.05, 3.63) is 0 Å². The molecule has 1 aliphatic carbocycles. The smallest absolute Gasteiger partial charge is 0.225 e. The van der Waals surface area contributed by atoms with E-state index in [4.69, 9.17) is 0 Å². The molecule has 0 aromatic carbocycles. The lowest BCUT2D eigenvalue weighted by Gasteiger charge is -2.27. The maximum absolute atomic E-state index is 11.9. The molecule has 0 radical (unpaired) electrons. The highest BCUT2D eigenvalue weighted by Gasteiger charge is 2.38. The number of hydrogen-bond acceptors (Lipinski definition) is 2. The molecule has 14 heavy (non-hydrogen) atoms. The van der Waals surface area contributed by atoms with Crippen molar-refractivity contribution in [3.63, 3.8) is 0 Å². The zero-order chi connectivity index (χ0) is 10.1. The Morgan fingerprint density at radius 3 is 2.64 bits per heavy atom. The minimum atomic E-state index is 0.387. The lowest BCUT2D eigenvalue weighted by Crippen LogP contribution is -2.42. The van der Waals surface area contributed by atoms with Gasteiger partial charge in [-0.05, 0) is 39.8 Å². The predicted octanol–water partition coefficient (Wildman–Crippen LogP) is 0.949. The minimum Gasteiger partial charge on any atom is -0.338 e. The van der Waals surface area contributed by atoms with E-state index in [9.17, 15) is 4.79 Å². The number of rotatable bonds is 3. The van der Waals surface area contributed by atoms with Gasteiger partial charge in [0.2, 0.25) is 5.91 Å². The molecule has 1 saturated heterocycles. The van der Waals surface area contributed by atoms with E-state index in [1.165, 1.54) is 12.8 Å². The van der Waals surface area contributed by atoms with Crippen LogP contribution < -0.4 is 0 Å². The van der Waals surface area contributed by atoms with Crippen molar-refractivity contribution < 1.29 is 4.79 Å². The van der Waals surface area contributed by atoms with Gasteiger partial charge in [-0.1, -0.05) is 0 Å². The van der Waals surface area contributed by atoms with Gasteiger partial charge in [0.25, 0.3) is 0 Å². The molecule has 2 fully saturated rings. The molecule has 3 heteroatoms. The van der Waals surface area contributed by atoms with E-state index >= 15 is 0 Å². The molecule has 0 spiro atoms. The van der Waals surface area contributed by atoms with Gasteiger partial charge in [-0.3, -0.25) is 4.79 Å². The van der Waals surface area contributed by atoms with Crippen molar-refractivity contribution in [2.45, 2.75) is 31.7 Å². The molecule has 1 aliphatic heterocycles. The van der Waals surface area contributed by atoms with Crippen molar-refractivity contribution in [1.29, 1.82) is 0 Å². The van der Waals surface area contributed by atoms with E-state index in [0.717, 1.165) is 25.9 Å². The average molecular weight is 196 g/mol. The Kier molecular flexibility index (Phi) is 2.77. The standard InChI is InChI=1S/C11H20N2O/c1-12(2)8-10-4-3-7-13(10)11(14)9-5-6-9/h9-10H,3-8H2,1-2H3. The third-order valence-corrected chi connectivity index (χ3v) is 3.16. The van der Waals surface area contributed by atoms with Crippen molar-refractivity contribution in [2.24, 2.45) is 5.92 Å². The molecular formula is C11H20N2O. The maximum atomic E-state index is 11.9. The van der Waals surface area contributed by atoms with Crippen molar-refractivity contribution in [2.75, 3.05) is 27.2 Å². The number of carbonyl (C=O) groups excluding carboxylic acids is 1. The van der Waals surface area contributed by atoms with Crippen molar-refractivity contribution in [1.82, 2.24) is 9.80 Å². The van der Waals surface area contributed by atoms with Gasteiger partial charge >= 0.3 is 0 Å². The molecule has 1 atom stereocenters. The first-order valence-electron chi connectivity index (χ1n) is 5.63. The van der Waals surface area contributed by atoms with Crippen LogP contribution in [0.15, 0.2) is 0 Å². The van der Waals surface area contributed by atoms with E-state index in [1.54, 1.807) is 0 Å².